The molecular weight excluding hydrogens is 350 g/mol. The quantitative estimate of drug-likeness (QED) is 0.812. The average molecular weight is 371 g/mol. The van der Waals surface area contributed by atoms with Crippen molar-refractivity contribution in [1.29, 1.82) is 0 Å². The number of rotatable bonds is 5. The number of aromatic nitrogens is 2. The molecule has 1 N–H and O–H groups in total. The van der Waals surface area contributed by atoms with Gasteiger partial charge in [0.05, 0.1) is 11.4 Å². The van der Waals surface area contributed by atoms with Crippen LogP contribution in [0.15, 0.2) is 35.4 Å². The minimum atomic E-state index is 0.0727. The van der Waals surface area contributed by atoms with Crippen LogP contribution in [0.2, 0.25) is 0 Å². The van der Waals surface area contributed by atoms with E-state index in [1.54, 1.807) is 0 Å². The number of carbonyl (C=O) groups is 1. The molecule has 1 aliphatic carbocycles. The van der Waals surface area contributed by atoms with Gasteiger partial charge in [-0.05, 0) is 43.2 Å². The van der Waals surface area contributed by atoms with E-state index in [0.29, 0.717) is 11.8 Å². The molecule has 1 aromatic heterocycles. The third kappa shape index (κ3) is 4.09. The van der Waals surface area contributed by atoms with E-state index < -0.39 is 0 Å². The SMILES string of the molecule is O=C(CSc1ccc(-c2ccc3c(c2)OCO3)nn1)NC1CCCCC1. The average Bonchev–Trinajstić information content (AvgIpc) is 3.15. The van der Waals surface area contributed by atoms with Gasteiger partial charge in [0.25, 0.3) is 0 Å². The van der Waals surface area contributed by atoms with Crippen molar-refractivity contribution in [3.8, 4) is 22.8 Å². The number of nitrogens with one attached hydrogen (secondary N) is 1. The molecule has 1 aliphatic heterocycles. The lowest BCUT2D eigenvalue weighted by molar-refractivity contribution is -0.119. The summed E-state index contributed by atoms with van der Waals surface area (Å²) in [4.78, 5) is 12.1. The Kier molecular flexibility index (Phi) is 5.24. The minimum absolute atomic E-state index is 0.0727. The molecule has 4 rings (SSSR count). The van der Waals surface area contributed by atoms with Crippen LogP contribution in [0.4, 0.5) is 0 Å². The van der Waals surface area contributed by atoms with E-state index in [9.17, 15) is 4.79 Å². The standard InChI is InChI=1S/C19H21N3O3S/c23-18(20-14-4-2-1-3-5-14)11-26-19-9-7-15(21-22-19)13-6-8-16-17(10-13)25-12-24-16/h6-10,14H,1-5,11-12H2,(H,20,23). The second-order valence-corrected chi connectivity index (χ2v) is 7.51. The van der Waals surface area contributed by atoms with Crippen molar-refractivity contribution in [3.63, 3.8) is 0 Å². The largest absolute Gasteiger partial charge is 0.454 e. The van der Waals surface area contributed by atoms with Crippen molar-refractivity contribution in [2.45, 2.75) is 43.2 Å². The summed E-state index contributed by atoms with van der Waals surface area (Å²) < 4.78 is 10.7. The number of fused-ring (bicyclic) bond motifs is 1. The molecule has 0 unspecified atom stereocenters. The Morgan fingerprint density at radius 3 is 2.73 bits per heavy atom. The Morgan fingerprint density at radius 2 is 1.92 bits per heavy atom. The maximum Gasteiger partial charge on any atom is 0.231 e. The van der Waals surface area contributed by atoms with Gasteiger partial charge in [-0.2, -0.15) is 0 Å². The van der Waals surface area contributed by atoms with Gasteiger partial charge in [-0.1, -0.05) is 31.0 Å². The molecule has 0 bridgehead atoms. The van der Waals surface area contributed by atoms with Crippen LogP contribution < -0.4 is 14.8 Å². The molecule has 1 amide bonds. The summed E-state index contributed by atoms with van der Waals surface area (Å²) in [6.07, 6.45) is 5.91. The van der Waals surface area contributed by atoms with Crippen molar-refractivity contribution >= 4 is 17.7 Å². The van der Waals surface area contributed by atoms with E-state index in [4.69, 9.17) is 9.47 Å². The summed E-state index contributed by atoms with van der Waals surface area (Å²) in [6, 6.07) is 9.85. The number of thioether (sulfide) groups is 1. The van der Waals surface area contributed by atoms with Crippen LogP contribution in [-0.2, 0) is 4.79 Å². The first-order valence-corrected chi connectivity index (χ1v) is 9.92. The van der Waals surface area contributed by atoms with E-state index in [0.717, 1.165) is 40.6 Å². The van der Waals surface area contributed by atoms with Gasteiger partial charge in [-0.25, -0.2) is 0 Å². The molecule has 2 aliphatic rings. The van der Waals surface area contributed by atoms with Crippen LogP contribution in [0.3, 0.4) is 0 Å². The van der Waals surface area contributed by atoms with E-state index in [2.05, 4.69) is 15.5 Å². The molecule has 1 saturated carbocycles. The second kappa shape index (κ2) is 7.95. The van der Waals surface area contributed by atoms with Crippen LogP contribution in [0, 0.1) is 0 Å². The Labute approximate surface area is 156 Å². The van der Waals surface area contributed by atoms with Gasteiger partial charge >= 0.3 is 0 Å². The topological polar surface area (TPSA) is 73.3 Å². The summed E-state index contributed by atoms with van der Waals surface area (Å²) in [5, 5.41) is 12.4. The highest BCUT2D eigenvalue weighted by molar-refractivity contribution is 7.99. The maximum atomic E-state index is 12.1. The highest BCUT2D eigenvalue weighted by Gasteiger charge is 2.16. The highest BCUT2D eigenvalue weighted by Crippen LogP contribution is 2.35. The number of nitrogens with zero attached hydrogens (tertiary/aromatic N) is 2. The van der Waals surface area contributed by atoms with Crippen molar-refractivity contribution in [2.75, 3.05) is 12.5 Å². The fourth-order valence-corrected chi connectivity index (χ4v) is 3.89. The van der Waals surface area contributed by atoms with Gasteiger partial charge in [-0.3, -0.25) is 4.79 Å². The molecule has 0 radical (unpaired) electrons. The van der Waals surface area contributed by atoms with Crippen LogP contribution >= 0.6 is 11.8 Å². The lowest BCUT2D eigenvalue weighted by Gasteiger charge is -2.22. The second-order valence-electron chi connectivity index (χ2n) is 6.52. The predicted molar refractivity (Wildman–Crippen MR) is 99.3 cm³/mol. The molecule has 1 fully saturated rings. The van der Waals surface area contributed by atoms with Crippen LogP contribution in [0.5, 0.6) is 11.5 Å². The van der Waals surface area contributed by atoms with E-state index >= 15 is 0 Å². The van der Waals surface area contributed by atoms with Crippen LogP contribution in [0.25, 0.3) is 11.3 Å². The Bertz CT molecular complexity index is 776. The molecule has 0 atom stereocenters. The number of ether oxygens (including phenoxy) is 2. The van der Waals surface area contributed by atoms with Crippen LogP contribution in [-0.4, -0.2) is 34.7 Å². The number of carbonyl (C=O) groups excluding carboxylic acids is 1. The molecule has 2 aromatic rings. The number of amides is 1. The molecular formula is C19H21N3O3S. The third-order valence-electron chi connectivity index (χ3n) is 4.63. The van der Waals surface area contributed by atoms with Crippen molar-refractivity contribution in [1.82, 2.24) is 15.5 Å². The summed E-state index contributed by atoms with van der Waals surface area (Å²) in [7, 11) is 0. The Morgan fingerprint density at radius 1 is 1.08 bits per heavy atom. The fraction of sp³-hybridized carbons (Fsp3) is 0.421. The lowest BCUT2D eigenvalue weighted by atomic mass is 9.95. The zero-order valence-electron chi connectivity index (χ0n) is 14.4. The van der Waals surface area contributed by atoms with Crippen LogP contribution in [0.1, 0.15) is 32.1 Å². The summed E-state index contributed by atoms with van der Waals surface area (Å²) >= 11 is 1.41. The fourth-order valence-electron chi connectivity index (χ4n) is 3.26. The van der Waals surface area contributed by atoms with E-state index in [1.165, 1.54) is 31.0 Å². The minimum Gasteiger partial charge on any atom is -0.454 e. The lowest BCUT2D eigenvalue weighted by Crippen LogP contribution is -2.37. The Balaban J connectivity index is 1.32. The molecule has 136 valence electrons. The normalized spacial score (nSPS) is 16.5. The van der Waals surface area contributed by atoms with E-state index in [-0.39, 0.29) is 12.7 Å². The summed E-state index contributed by atoms with van der Waals surface area (Å²) in [5.74, 6) is 1.91. The molecule has 2 heterocycles. The highest BCUT2D eigenvalue weighted by atomic mass is 32.2. The molecule has 6 nitrogen and oxygen atoms in total. The monoisotopic (exact) mass is 371 g/mol. The van der Waals surface area contributed by atoms with Gasteiger partial charge in [0.1, 0.15) is 5.03 Å². The zero-order valence-corrected chi connectivity index (χ0v) is 15.3. The molecule has 0 spiro atoms. The third-order valence-corrected chi connectivity index (χ3v) is 5.55. The molecule has 0 saturated heterocycles. The van der Waals surface area contributed by atoms with Crippen molar-refractivity contribution in [2.24, 2.45) is 0 Å². The van der Waals surface area contributed by atoms with Crippen molar-refractivity contribution < 1.29 is 14.3 Å². The maximum absolute atomic E-state index is 12.1. The molecule has 1 aromatic carbocycles. The predicted octanol–water partition coefficient (Wildman–Crippen LogP) is 3.41. The first kappa shape index (κ1) is 17.1. The first-order chi connectivity index (χ1) is 12.8. The zero-order chi connectivity index (χ0) is 17.8. The number of benzene rings is 1. The van der Waals surface area contributed by atoms with Gasteiger partial charge < -0.3 is 14.8 Å². The number of hydrogen-bond donors (Lipinski definition) is 1. The summed E-state index contributed by atoms with van der Waals surface area (Å²) in [5.41, 5.74) is 1.69. The molecule has 7 heteroatoms. The summed E-state index contributed by atoms with van der Waals surface area (Å²) in [6.45, 7) is 0.253. The van der Waals surface area contributed by atoms with E-state index in [1.807, 2.05) is 30.3 Å². The van der Waals surface area contributed by atoms with Gasteiger partial charge in [-0.15, -0.1) is 10.2 Å². The van der Waals surface area contributed by atoms with Crippen molar-refractivity contribution in [3.05, 3.63) is 30.3 Å². The Hall–Kier alpha value is -2.28. The smallest absolute Gasteiger partial charge is 0.231 e. The number of hydrogen-bond acceptors (Lipinski definition) is 6. The van der Waals surface area contributed by atoms with Gasteiger partial charge in [0.15, 0.2) is 11.5 Å². The van der Waals surface area contributed by atoms with Gasteiger partial charge in [0, 0.05) is 11.6 Å². The first-order valence-electron chi connectivity index (χ1n) is 8.94. The van der Waals surface area contributed by atoms with Gasteiger partial charge in [0.2, 0.25) is 12.7 Å². The molecule has 26 heavy (non-hydrogen) atoms.